The van der Waals surface area contributed by atoms with Gasteiger partial charge in [0, 0.05) is 35.9 Å². The summed E-state index contributed by atoms with van der Waals surface area (Å²) >= 11 is 0. The summed E-state index contributed by atoms with van der Waals surface area (Å²) in [5.41, 5.74) is 3.15. The first-order valence-corrected chi connectivity index (χ1v) is 7.56. The first-order valence-electron chi connectivity index (χ1n) is 7.56. The predicted molar refractivity (Wildman–Crippen MR) is 90.6 cm³/mol. The van der Waals surface area contributed by atoms with Crippen molar-refractivity contribution >= 4 is 5.78 Å². The Bertz CT molecular complexity index is 858. The van der Waals surface area contributed by atoms with E-state index in [1.165, 1.54) is 0 Å². The average molecular weight is 314 g/mol. The molecule has 0 N–H and O–H groups in total. The lowest BCUT2D eigenvalue weighted by Crippen LogP contribution is -2.03. The van der Waals surface area contributed by atoms with Gasteiger partial charge >= 0.3 is 0 Å². The number of carbonyl (C=O) groups excluding carboxylic acids is 1. The van der Waals surface area contributed by atoms with Crippen LogP contribution in [0.25, 0.3) is 11.4 Å². The molecule has 4 aromatic rings. The van der Waals surface area contributed by atoms with Gasteiger partial charge in [0.25, 0.3) is 0 Å². The van der Waals surface area contributed by atoms with Crippen molar-refractivity contribution in [2.45, 2.75) is 0 Å². The zero-order chi connectivity index (χ0) is 16.4. The van der Waals surface area contributed by atoms with E-state index in [9.17, 15) is 4.79 Å². The first-order chi connectivity index (χ1) is 11.8. The van der Waals surface area contributed by atoms with Crippen molar-refractivity contribution in [2.75, 3.05) is 0 Å². The minimum atomic E-state index is -0.00553. The maximum Gasteiger partial charge on any atom is 0.193 e. The van der Waals surface area contributed by atoms with E-state index in [4.69, 9.17) is 0 Å². The molecular weight excluding hydrogens is 300 g/mol. The van der Waals surface area contributed by atoms with Crippen molar-refractivity contribution in [3.8, 4) is 11.4 Å². The number of hydrogen-bond donors (Lipinski definition) is 0. The van der Waals surface area contributed by atoms with Crippen molar-refractivity contribution in [3.63, 3.8) is 0 Å². The van der Waals surface area contributed by atoms with Crippen molar-refractivity contribution in [3.05, 3.63) is 96.6 Å². The van der Waals surface area contributed by atoms with Crippen LogP contribution in [0.3, 0.4) is 0 Å². The summed E-state index contributed by atoms with van der Waals surface area (Å²) in [4.78, 5) is 12.6. The van der Waals surface area contributed by atoms with Gasteiger partial charge < -0.3 is 0 Å². The van der Waals surface area contributed by atoms with Crippen molar-refractivity contribution in [2.24, 2.45) is 0 Å². The minimum Gasteiger partial charge on any atom is -0.289 e. The van der Waals surface area contributed by atoms with E-state index < -0.39 is 0 Å². The molecule has 0 aliphatic carbocycles. The molecule has 0 aliphatic heterocycles. The van der Waals surface area contributed by atoms with Gasteiger partial charge in [-0.2, -0.15) is 10.2 Å². The molecule has 116 valence electrons. The molecule has 0 bridgehead atoms. The lowest BCUT2D eigenvalue weighted by Gasteiger charge is -2.06. The molecule has 0 saturated heterocycles. The average Bonchev–Trinajstić information content (AvgIpc) is 3.35. The van der Waals surface area contributed by atoms with Crippen molar-refractivity contribution in [1.29, 1.82) is 0 Å². The fourth-order valence-corrected chi connectivity index (χ4v) is 2.54. The largest absolute Gasteiger partial charge is 0.289 e. The van der Waals surface area contributed by atoms with Crippen LogP contribution in [0.2, 0.25) is 0 Å². The second kappa shape index (κ2) is 5.96. The first kappa shape index (κ1) is 14.1. The molecule has 2 aromatic carbocycles. The van der Waals surface area contributed by atoms with Crippen molar-refractivity contribution < 1.29 is 4.79 Å². The number of benzene rings is 2. The molecule has 0 fully saturated rings. The van der Waals surface area contributed by atoms with Crippen LogP contribution in [0, 0.1) is 0 Å². The van der Waals surface area contributed by atoms with E-state index in [1.54, 1.807) is 21.8 Å². The summed E-state index contributed by atoms with van der Waals surface area (Å²) in [6.07, 6.45) is 7.18. The zero-order valence-electron chi connectivity index (χ0n) is 12.8. The lowest BCUT2D eigenvalue weighted by molar-refractivity contribution is 0.103. The van der Waals surface area contributed by atoms with E-state index in [1.807, 2.05) is 73.1 Å². The highest BCUT2D eigenvalue weighted by atomic mass is 16.1. The molecule has 5 heteroatoms. The molecule has 2 aromatic heterocycles. The monoisotopic (exact) mass is 314 g/mol. The Labute approximate surface area is 138 Å². The van der Waals surface area contributed by atoms with Gasteiger partial charge in [0.05, 0.1) is 11.4 Å². The maximum atomic E-state index is 12.6. The molecule has 0 aliphatic rings. The van der Waals surface area contributed by atoms with Gasteiger partial charge in [0.1, 0.15) is 0 Å². The smallest absolute Gasteiger partial charge is 0.193 e. The highest BCUT2D eigenvalue weighted by molar-refractivity contribution is 6.09. The van der Waals surface area contributed by atoms with E-state index in [0.29, 0.717) is 11.1 Å². The van der Waals surface area contributed by atoms with Crippen LogP contribution >= 0.6 is 0 Å². The Morgan fingerprint density at radius 2 is 1.08 bits per heavy atom. The van der Waals surface area contributed by atoms with Gasteiger partial charge in [-0.3, -0.25) is 4.79 Å². The third kappa shape index (κ3) is 2.63. The SMILES string of the molecule is O=C(c1ccc(-n2cccn2)cc1)c1ccc(-n2cccn2)cc1. The normalized spacial score (nSPS) is 10.7. The van der Waals surface area contributed by atoms with Gasteiger partial charge in [-0.15, -0.1) is 0 Å². The van der Waals surface area contributed by atoms with Crippen LogP contribution in [0.5, 0.6) is 0 Å². The number of rotatable bonds is 4. The quantitative estimate of drug-likeness (QED) is 0.543. The van der Waals surface area contributed by atoms with Crippen molar-refractivity contribution in [1.82, 2.24) is 19.6 Å². The lowest BCUT2D eigenvalue weighted by atomic mass is 10.0. The zero-order valence-corrected chi connectivity index (χ0v) is 12.8. The fraction of sp³-hybridized carbons (Fsp3) is 0. The summed E-state index contributed by atoms with van der Waals surface area (Å²) in [5.74, 6) is -0.00553. The second-order valence-corrected chi connectivity index (χ2v) is 5.32. The Morgan fingerprint density at radius 1 is 0.667 bits per heavy atom. The van der Waals surface area contributed by atoms with E-state index in [2.05, 4.69) is 10.2 Å². The molecule has 0 unspecified atom stereocenters. The van der Waals surface area contributed by atoms with Crippen LogP contribution in [0.4, 0.5) is 0 Å². The number of aromatic nitrogens is 4. The summed E-state index contributed by atoms with van der Waals surface area (Å²) in [6, 6.07) is 18.6. The molecule has 0 spiro atoms. The summed E-state index contributed by atoms with van der Waals surface area (Å²) in [6.45, 7) is 0. The van der Waals surface area contributed by atoms with Gasteiger partial charge in [0.2, 0.25) is 0 Å². The number of carbonyl (C=O) groups is 1. The standard InChI is InChI=1S/C19H14N4O/c24-19(15-3-7-17(8-4-15)22-13-1-11-20-22)16-5-9-18(10-6-16)23-14-2-12-21-23/h1-14H. The molecule has 2 heterocycles. The Kier molecular flexibility index (Phi) is 3.51. The number of ketones is 1. The van der Waals surface area contributed by atoms with Crippen LogP contribution < -0.4 is 0 Å². The van der Waals surface area contributed by atoms with Gasteiger partial charge in [-0.1, -0.05) is 0 Å². The number of hydrogen-bond acceptors (Lipinski definition) is 3. The highest BCUT2D eigenvalue weighted by Crippen LogP contribution is 2.15. The molecule has 0 atom stereocenters. The molecule has 0 radical (unpaired) electrons. The highest BCUT2D eigenvalue weighted by Gasteiger charge is 2.09. The third-order valence-corrected chi connectivity index (χ3v) is 3.80. The number of nitrogens with zero attached hydrogens (tertiary/aromatic N) is 4. The van der Waals surface area contributed by atoms with Crippen LogP contribution in [0.15, 0.2) is 85.5 Å². The minimum absolute atomic E-state index is 0.00553. The Balaban J connectivity index is 1.57. The van der Waals surface area contributed by atoms with E-state index in [-0.39, 0.29) is 5.78 Å². The van der Waals surface area contributed by atoms with Gasteiger partial charge in [0.15, 0.2) is 5.78 Å². The molecule has 5 nitrogen and oxygen atoms in total. The van der Waals surface area contributed by atoms with Gasteiger partial charge in [-0.05, 0) is 60.7 Å². The van der Waals surface area contributed by atoms with Crippen LogP contribution in [-0.2, 0) is 0 Å². The summed E-state index contributed by atoms with van der Waals surface area (Å²) in [7, 11) is 0. The predicted octanol–water partition coefficient (Wildman–Crippen LogP) is 3.29. The molecule has 0 amide bonds. The van der Waals surface area contributed by atoms with E-state index in [0.717, 1.165) is 11.4 Å². The molecule has 24 heavy (non-hydrogen) atoms. The Hall–Kier alpha value is -3.47. The fourth-order valence-electron chi connectivity index (χ4n) is 2.54. The molecular formula is C19H14N4O. The molecule has 4 rings (SSSR count). The Morgan fingerprint density at radius 3 is 1.42 bits per heavy atom. The second-order valence-electron chi connectivity index (χ2n) is 5.32. The van der Waals surface area contributed by atoms with Gasteiger partial charge in [-0.25, -0.2) is 9.36 Å². The summed E-state index contributed by atoms with van der Waals surface area (Å²) in [5, 5.41) is 8.35. The van der Waals surface area contributed by atoms with E-state index >= 15 is 0 Å². The van der Waals surface area contributed by atoms with Crippen LogP contribution in [-0.4, -0.2) is 25.3 Å². The topological polar surface area (TPSA) is 52.7 Å². The van der Waals surface area contributed by atoms with Crippen LogP contribution in [0.1, 0.15) is 15.9 Å². The maximum absolute atomic E-state index is 12.6. The molecule has 0 saturated carbocycles. The third-order valence-electron chi connectivity index (χ3n) is 3.80. The summed E-state index contributed by atoms with van der Waals surface area (Å²) < 4.78 is 3.51.